The van der Waals surface area contributed by atoms with Crippen LogP contribution in [-0.4, -0.2) is 54.1 Å². The summed E-state index contributed by atoms with van der Waals surface area (Å²) in [5.41, 5.74) is 0.652. The number of hydrogen-bond donors (Lipinski definition) is 0. The molecule has 6 nitrogen and oxygen atoms in total. The Labute approximate surface area is 147 Å². The maximum atomic E-state index is 13.2. The Morgan fingerprint density at radius 2 is 1.92 bits per heavy atom. The van der Waals surface area contributed by atoms with Gasteiger partial charge in [0.25, 0.3) is 5.91 Å². The molecule has 3 heterocycles. The van der Waals surface area contributed by atoms with Crippen LogP contribution >= 0.6 is 0 Å². The van der Waals surface area contributed by atoms with Gasteiger partial charge in [-0.2, -0.15) is 0 Å². The fraction of sp³-hybridized carbons (Fsp3) is 0.579. The van der Waals surface area contributed by atoms with Crippen molar-refractivity contribution in [3.63, 3.8) is 0 Å². The Bertz CT molecular complexity index is 690. The van der Waals surface area contributed by atoms with Crippen molar-refractivity contribution in [3.8, 4) is 11.5 Å². The summed E-state index contributed by atoms with van der Waals surface area (Å²) >= 11 is 0. The van der Waals surface area contributed by atoms with Crippen LogP contribution in [0.2, 0.25) is 0 Å². The lowest BCUT2D eigenvalue weighted by molar-refractivity contribution is -0.131. The Hall–Kier alpha value is -2.24. The summed E-state index contributed by atoms with van der Waals surface area (Å²) in [4.78, 5) is 28.9. The van der Waals surface area contributed by atoms with Crippen molar-refractivity contribution >= 4 is 11.8 Å². The predicted molar refractivity (Wildman–Crippen MR) is 91.6 cm³/mol. The number of piperidine rings is 1. The zero-order valence-corrected chi connectivity index (χ0v) is 14.6. The lowest BCUT2D eigenvalue weighted by Gasteiger charge is -2.42. The molecule has 3 aliphatic rings. The molecule has 0 N–H and O–H groups in total. The Balaban J connectivity index is 1.56. The van der Waals surface area contributed by atoms with E-state index < -0.39 is 0 Å². The molecular weight excluding hydrogens is 320 g/mol. The second-order valence-electron chi connectivity index (χ2n) is 7.14. The smallest absolute Gasteiger partial charge is 0.254 e. The minimum Gasteiger partial charge on any atom is -0.454 e. The summed E-state index contributed by atoms with van der Waals surface area (Å²) in [5.74, 6) is 1.91. The topological polar surface area (TPSA) is 59.1 Å². The van der Waals surface area contributed by atoms with Gasteiger partial charge in [0, 0.05) is 38.2 Å². The van der Waals surface area contributed by atoms with E-state index in [-0.39, 0.29) is 24.6 Å². The van der Waals surface area contributed by atoms with E-state index in [2.05, 4.69) is 0 Å². The van der Waals surface area contributed by atoms with Crippen LogP contribution in [0, 0.1) is 5.92 Å². The second kappa shape index (κ2) is 6.58. The summed E-state index contributed by atoms with van der Waals surface area (Å²) in [7, 11) is 0. The van der Waals surface area contributed by atoms with E-state index in [1.54, 1.807) is 13.0 Å². The van der Waals surface area contributed by atoms with E-state index in [4.69, 9.17) is 9.47 Å². The van der Waals surface area contributed by atoms with Gasteiger partial charge in [-0.15, -0.1) is 0 Å². The highest BCUT2D eigenvalue weighted by Gasteiger charge is 2.37. The molecule has 6 heteroatoms. The molecule has 0 radical (unpaired) electrons. The number of likely N-dealkylation sites (tertiary alicyclic amines) is 2. The fourth-order valence-electron chi connectivity index (χ4n) is 4.30. The zero-order chi connectivity index (χ0) is 17.4. The molecule has 0 aliphatic carbocycles. The third-order valence-corrected chi connectivity index (χ3v) is 5.64. The average Bonchev–Trinajstić information content (AvgIpc) is 2.99. The number of amides is 2. The highest BCUT2D eigenvalue weighted by Crippen LogP contribution is 2.35. The molecule has 1 aromatic rings. The van der Waals surface area contributed by atoms with Crippen molar-refractivity contribution in [1.82, 2.24) is 9.80 Å². The minimum absolute atomic E-state index is 0.0616. The molecule has 0 saturated carbocycles. The molecule has 25 heavy (non-hydrogen) atoms. The second-order valence-corrected chi connectivity index (χ2v) is 7.14. The van der Waals surface area contributed by atoms with Gasteiger partial charge in [-0.1, -0.05) is 6.42 Å². The number of ether oxygens (including phenoxy) is 2. The number of fused-ring (bicyclic) bond motifs is 2. The standard InChI is InChI=1S/C19H24N2O4/c1-13(22)20-9-7-16-15(11-20)4-2-3-8-21(16)19(23)14-5-6-17-18(10-14)25-12-24-17/h5-6,10,15-16H,2-4,7-9,11-12H2,1H3/t15-,16+/m0/s1. The molecule has 3 aliphatic heterocycles. The monoisotopic (exact) mass is 344 g/mol. The lowest BCUT2D eigenvalue weighted by atomic mass is 9.88. The first kappa shape index (κ1) is 16.2. The van der Waals surface area contributed by atoms with Crippen LogP contribution < -0.4 is 9.47 Å². The van der Waals surface area contributed by atoms with Crippen LogP contribution in [0.15, 0.2) is 18.2 Å². The number of carbonyl (C=O) groups excluding carboxylic acids is 2. The summed E-state index contributed by atoms with van der Waals surface area (Å²) in [6, 6.07) is 5.63. The van der Waals surface area contributed by atoms with Crippen molar-refractivity contribution in [2.45, 2.75) is 38.6 Å². The minimum atomic E-state index is 0.0616. The van der Waals surface area contributed by atoms with Crippen LogP contribution in [0.4, 0.5) is 0 Å². The maximum Gasteiger partial charge on any atom is 0.254 e. The van der Waals surface area contributed by atoms with Crippen molar-refractivity contribution in [1.29, 1.82) is 0 Å². The quantitative estimate of drug-likeness (QED) is 0.784. The van der Waals surface area contributed by atoms with Gasteiger partial charge in [-0.05, 0) is 43.4 Å². The van der Waals surface area contributed by atoms with Crippen LogP contribution in [0.3, 0.4) is 0 Å². The summed E-state index contributed by atoms with van der Waals surface area (Å²) < 4.78 is 10.7. The molecule has 4 rings (SSSR count). The zero-order valence-electron chi connectivity index (χ0n) is 14.6. The SMILES string of the molecule is CC(=O)N1CC[C@@H]2[C@@H](CCCCN2C(=O)c2ccc3c(c2)OCO3)C1. The normalized spacial score (nSPS) is 25.3. The van der Waals surface area contributed by atoms with Gasteiger partial charge in [0.15, 0.2) is 11.5 Å². The molecule has 0 aromatic heterocycles. The van der Waals surface area contributed by atoms with E-state index >= 15 is 0 Å². The van der Waals surface area contributed by atoms with E-state index in [0.717, 1.165) is 45.3 Å². The largest absolute Gasteiger partial charge is 0.454 e. The van der Waals surface area contributed by atoms with Crippen LogP contribution in [-0.2, 0) is 4.79 Å². The van der Waals surface area contributed by atoms with Crippen molar-refractivity contribution < 1.29 is 19.1 Å². The van der Waals surface area contributed by atoms with Gasteiger partial charge in [0.2, 0.25) is 12.7 Å². The molecule has 0 unspecified atom stereocenters. The van der Waals surface area contributed by atoms with Crippen LogP contribution in [0.1, 0.15) is 43.0 Å². The van der Waals surface area contributed by atoms with Crippen molar-refractivity contribution in [2.24, 2.45) is 5.92 Å². The van der Waals surface area contributed by atoms with E-state index in [0.29, 0.717) is 23.0 Å². The van der Waals surface area contributed by atoms with Crippen molar-refractivity contribution in [3.05, 3.63) is 23.8 Å². The van der Waals surface area contributed by atoms with Crippen molar-refractivity contribution in [2.75, 3.05) is 26.4 Å². The first-order valence-corrected chi connectivity index (χ1v) is 9.09. The van der Waals surface area contributed by atoms with Crippen LogP contribution in [0.25, 0.3) is 0 Å². The van der Waals surface area contributed by atoms with Gasteiger partial charge >= 0.3 is 0 Å². The predicted octanol–water partition coefficient (Wildman–Crippen LogP) is 2.28. The van der Waals surface area contributed by atoms with Gasteiger partial charge in [-0.25, -0.2) is 0 Å². The maximum absolute atomic E-state index is 13.2. The molecule has 134 valence electrons. The van der Waals surface area contributed by atoms with Gasteiger partial charge in [-0.3, -0.25) is 9.59 Å². The molecule has 2 amide bonds. The number of hydrogen-bond acceptors (Lipinski definition) is 4. The molecule has 2 saturated heterocycles. The molecule has 0 spiro atoms. The lowest BCUT2D eigenvalue weighted by Crippen LogP contribution is -2.53. The molecule has 1 aromatic carbocycles. The van der Waals surface area contributed by atoms with E-state index in [1.807, 2.05) is 21.9 Å². The first-order chi connectivity index (χ1) is 12.1. The highest BCUT2D eigenvalue weighted by molar-refractivity contribution is 5.95. The van der Waals surface area contributed by atoms with E-state index in [1.165, 1.54) is 0 Å². The summed E-state index contributed by atoms with van der Waals surface area (Å²) in [6.45, 7) is 4.13. The first-order valence-electron chi connectivity index (χ1n) is 9.09. The van der Waals surface area contributed by atoms with Gasteiger partial charge in [0.1, 0.15) is 0 Å². The molecule has 0 bridgehead atoms. The fourth-order valence-corrected chi connectivity index (χ4v) is 4.30. The number of benzene rings is 1. The Morgan fingerprint density at radius 1 is 1.08 bits per heavy atom. The highest BCUT2D eigenvalue weighted by atomic mass is 16.7. The third kappa shape index (κ3) is 3.05. The van der Waals surface area contributed by atoms with Crippen LogP contribution in [0.5, 0.6) is 11.5 Å². The Morgan fingerprint density at radius 3 is 2.76 bits per heavy atom. The molecule has 2 fully saturated rings. The number of carbonyl (C=O) groups is 2. The van der Waals surface area contributed by atoms with Gasteiger partial charge < -0.3 is 19.3 Å². The number of rotatable bonds is 1. The van der Waals surface area contributed by atoms with Gasteiger partial charge in [0.05, 0.1) is 0 Å². The molecule has 2 atom stereocenters. The Kier molecular flexibility index (Phi) is 4.27. The summed E-state index contributed by atoms with van der Waals surface area (Å²) in [6.07, 6.45) is 4.07. The average molecular weight is 344 g/mol. The van der Waals surface area contributed by atoms with E-state index in [9.17, 15) is 9.59 Å². The third-order valence-electron chi connectivity index (χ3n) is 5.64. The molecular formula is C19H24N2O4. The summed E-state index contributed by atoms with van der Waals surface area (Å²) in [5, 5.41) is 0. The number of nitrogens with zero attached hydrogens (tertiary/aromatic N) is 2.